The molecular formula is C14H24N4S. The summed E-state index contributed by atoms with van der Waals surface area (Å²) in [7, 11) is 0. The van der Waals surface area contributed by atoms with Crippen LogP contribution in [0.4, 0.5) is 0 Å². The van der Waals surface area contributed by atoms with Crippen LogP contribution in [-0.2, 0) is 6.54 Å². The van der Waals surface area contributed by atoms with Crippen molar-refractivity contribution in [2.45, 2.75) is 52.0 Å². The number of nitrogen functional groups attached to an aromatic ring is 1. The summed E-state index contributed by atoms with van der Waals surface area (Å²) in [5.41, 5.74) is 6.65. The number of nitrogens with two attached hydrogens (primary N) is 1. The maximum Gasteiger partial charge on any atom is 0.135 e. The van der Waals surface area contributed by atoms with E-state index in [1.807, 2.05) is 0 Å². The molecule has 1 aromatic rings. The fourth-order valence-corrected chi connectivity index (χ4v) is 3.64. The summed E-state index contributed by atoms with van der Waals surface area (Å²) in [5, 5.41) is 8.78. The van der Waals surface area contributed by atoms with Gasteiger partial charge in [0.05, 0.1) is 17.1 Å². The first-order chi connectivity index (χ1) is 9.08. The average molecular weight is 280 g/mol. The van der Waals surface area contributed by atoms with E-state index in [0.29, 0.717) is 5.92 Å². The molecule has 2 rings (SSSR count). The average Bonchev–Trinajstić information content (AvgIpc) is 2.60. The van der Waals surface area contributed by atoms with Crippen LogP contribution in [0.1, 0.15) is 61.0 Å². The molecule has 1 aliphatic heterocycles. The normalized spacial score (nSPS) is 17.6. The third kappa shape index (κ3) is 3.76. The molecule has 5 heteroatoms. The predicted octanol–water partition coefficient (Wildman–Crippen LogP) is 2.93. The second-order valence-corrected chi connectivity index (χ2v) is 6.66. The zero-order chi connectivity index (χ0) is 13.8. The Morgan fingerprint density at radius 1 is 1.32 bits per heavy atom. The summed E-state index contributed by atoms with van der Waals surface area (Å²) < 4.78 is 0. The van der Waals surface area contributed by atoms with Gasteiger partial charge in [-0.05, 0) is 31.8 Å². The van der Waals surface area contributed by atoms with Gasteiger partial charge in [0.25, 0.3) is 0 Å². The topological polar surface area (TPSA) is 66.0 Å². The first kappa shape index (κ1) is 14.5. The molecule has 0 unspecified atom stereocenters. The molecule has 1 fully saturated rings. The summed E-state index contributed by atoms with van der Waals surface area (Å²) >= 11 is 1.59. The van der Waals surface area contributed by atoms with Crippen LogP contribution in [0.15, 0.2) is 0 Å². The van der Waals surface area contributed by atoms with Gasteiger partial charge in [-0.25, -0.2) is 4.98 Å². The number of nitrogens with zero attached hydrogens (tertiary/aromatic N) is 2. The minimum atomic E-state index is 0.156. The van der Waals surface area contributed by atoms with Crippen molar-refractivity contribution in [3.63, 3.8) is 0 Å². The number of hydrogen-bond donors (Lipinski definition) is 2. The molecule has 19 heavy (non-hydrogen) atoms. The molecular weight excluding hydrogens is 256 g/mol. The Morgan fingerprint density at radius 2 is 1.95 bits per heavy atom. The minimum Gasteiger partial charge on any atom is -0.383 e. The van der Waals surface area contributed by atoms with Gasteiger partial charge < -0.3 is 5.73 Å². The van der Waals surface area contributed by atoms with Crippen LogP contribution in [0.2, 0.25) is 0 Å². The summed E-state index contributed by atoms with van der Waals surface area (Å²) in [6, 6.07) is 0. The lowest BCUT2D eigenvalue weighted by Gasteiger charge is -2.17. The standard InChI is InChI=1S/C14H24N4S/c1-10(2)12-13(14(15)16)19-11(17-12)9-18-7-5-3-4-6-8-18/h10H,3-9H2,1-2H3,(H3,15,16). The van der Waals surface area contributed by atoms with Gasteiger partial charge >= 0.3 is 0 Å². The highest BCUT2D eigenvalue weighted by Crippen LogP contribution is 2.26. The van der Waals surface area contributed by atoms with Crippen LogP contribution < -0.4 is 5.73 Å². The maximum atomic E-state index is 7.67. The largest absolute Gasteiger partial charge is 0.383 e. The number of rotatable bonds is 4. The number of nitrogens with one attached hydrogen (secondary N) is 1. The van der Waals surface area contributed by atoms with Crippen LogP contribution >= 0.6 is 11.3 Å². The molecule has 0 radical (unpaired) electrons. The van der Waals surface area contributed by atoms with Crippen LogP contribution in [0.25, 0.3) is 0 Å². The smallest absolute Gasteiger partial charge is 0.135 e. The zero-order valence-electron chi connectivity index (χ0n) is 11.9. The number of likely N-dealkylation sites (tertiary alicyclic amines) is 1. The summed E-state index contributed by atoms with van der Waals surface area (Å²) in [6.45, 7) is 7.48. The Morgan fingerprint density at radius 3 is 2.42 bits per heavy atom. The van der Waals surface area contributed by atoms with Crippen LogP contribution in [0.5, 0.6) is 0 Å². The quantitative estimate of drug-likeness (QED) is 0.658. The molecule has 0 amide bonds. The van der Waals surface area contributed by atoms with E-state index in [9.17, 15) is 0 Å². The van der Waals surface area contributed by atoms with Gasteiger partial charge in [-0.1, -0.05) is 26.7 Å². The fourth-order valence-electron chi connectivity index (χ4n) is 2.52. The van der Waals surface area contributed by atoms with Gasteiger partial charge in [0.2, 0.25) is 0 Å². The summed E-state index contributed by atoms with van der Waals surface area (Å²) in [5.74, 6) is 0.483. The van der Waals surface area contributed by atoms with Gasteiger partial charge in [-0.3, -0.25) is 10.3 Å². The first-order valence-electron chi connectivity index (χ1n) is 7.14. The third-order valence-electron chi connectivity index (χ3n) is 3.55. The highest BCUT2D eigenvalue weighted by atomic mass is 32.1. The lowest BCUT2D eigenvalue weighted by Crippen LogP contribution is -2.23. The van der Waals surface area contributed by atoms with Gasteiger partial charge in [0, 0.05) is 0 Å². The molecule has 4 nitrogen and oxygen atoms in total. The Kier molecular flexibility index (Phi) is 4.93. The highest BCUT2D eigenvalue weighted by Gasteiger charge is 2.18. The molecule has 0 saturated carbocycles. The Hall–Kier alpha value is -0.940. The molecule has 1 aliphatic rings. The van der Waals surface area contributed by atoms with E-state index >= 15 is 0 Å². The lowest BCUT2D eigenvalue weighted by molar-refractivity contribution is 0.276. The van der Waals surface area contributed by atoms with E-state index in [2.05, 4.69) is 18.7 Å². The van der Waals surface area contributed by atoms with Crippen molar-refractivity contribution in [1.29, 1.82) is 5.41 Å². The minimum absolute atomic E-state index is 0.156. The Labute approximate surface area is 119 Å². The molecule has 1 saturated heterocycles. The van der Waals surface area contributed by atoms with Crippen molar-refractivity contribution >= 4 is 17.2 Å². The van der Waals surface area contributed by atoms with Crippen molar-refractivity contribution in [3.8, 4) is 0 Å². The van der Waals surface area contributed by atoms with Gasteiger partial charge in [-0.15, -0.1) is 11.3 Å². The molecule has 0 bridgehead atoms. The van der Waals surface area contributed by atoms with E-state index in [-0.39, 0.29) is 5.84 Å². The molecule has 3 N–H and O–H groups in total. The monoisotopic (exact) mass is 280 g/mol. The zero-order valence-corrected chi connectivity index (χ0v) is 12.7. The van der Waals surface area contributed by atoms with Crippen molar-refractivity contribution in [1.82, 2.24) is 9.88 Å². The van der Waals surface area contributed by atoms with Crippen molar-refractivity contribution in [2.75, 3.05) is 13.1 Å². The van der Waals surface area contributed by atoms with Crippen molar-refractivity contribution in [3.05, 3.63) is 15.6 Å². The molecule has 0 spiro atoms. The number of amidine groups is 1. The second kappa shape index (κ2) is 6.48. The number of thiazole rings is 1. The summed E-state index contributed by atoms with van der Waals surface area (Å²) in [6.07, 6.45) is 5.29. The van der Waals surface area contributed by atoms with Crippen LogP contribution in [0.3, 0.4) is 0 Å². The fraction of sp³-hybridized carbons (Fsp3) is 0.714. The van der Waals surface area contributed by atoms with E-state index in [1.54, 1.807) is 11.3 Å². The van der Waals surface area contributed by atoms with Gasteiger partial charge in [0.1, 0.15) is 10.8 Å². The van der Waals surface area contributed by atoms with Gasteiger partial charge in [-0.2, -0.15) is 0 Å². The highest BCUT2D eigenvalue weighted by molar-refractivity contribution is 7.13. The van der Waals surface area contributed by atoms with Crippen molar-refractivity contribution in [2.24, 2.45) is 5.73 Å². The van der Waals surface area contributed by atoms with E-state index in [0.717, 1.165) is 22.1 Å². The lowest BCUT2D eigenvalue weighted by atomic mass is 10.1. The second-order valence-electron chi connectivity index (χ2n) is 5.58. The maximum absolute atomic E-state index is 7.67. The van der Waals surface area contributed by atoms with E-state index in [4.69, 9.17) is 16.1 Å². The number of aromatic nitrogens is 1. The third-order valence-corrected chi connectivity index (χ3v) is 4.64. The van der Waals surface area contributed by atoms with Gasteiger partial charge in [0.15, 0.2) is 0 Å². The number of hydrogen-bond acceptors (Lipinski definition) is 4. The first-order valence-corrected chi connectivity index (χ1v) is 7.96. The molecule has 2 heterocycles. The molecule has 1 aromatic heterocycles. The van der Waals surface area contributed by atoms with Crippen LogP contribution in [0, 0.1) is 5.41 Å². The Bertz CT molecular complexity index is 431. The Balaban J connectivity index is 2.11. The van der Waals surface area contributed by atoms with E-state index < -0.39 is 0 Å². The van der Waals surface area contributed by atoms with Crippen LogP contribution in [-0.4, -0.2) is 28.8 Å². The SMILES string of the molecule is CC(C)c1nc(CN2CCCCCC2)sc1C(=N)N. The molecule has 0 aliphatic carbocycles. The summed E-state index contributed by atoms with van der Waals surface area (Å²) in [4.78, 5) is 8.06. The van der Waals surface area contributed by atoms with Crippen molar-refractivity contribution < 1.29 is 0 Å². The molecule has 0 aromatic carbocycles. The predicted molar refractivity (Wildman–Crippen MR) is 81.0 cm³/mol. The van der Waals surface area contributed by atoms with E-state index in [1.165, 1.54) is 38.8 Å². The molecule has 0 atom stereocenters. The molecule has 106 valence electrons.